The van der Waals surface area contributed by atoms with Crippen LogP contribution in [0.4, 0.5) is 4.39 Å². The summed E-state index contributed by atoms with van der Waals surface area (Å²) in [6.07, 6.45) is 0. The zero-order valence-electron chi connectivity index (χ0n) is 12.3. The fraction of sp³-hybridized carbons (Fsp3) is 0.533. The number of carbonyl (C=O) groups excluding carboxylic acids is 1. The second-order valence-electron chi connectivity index (χ2n) is 5.19. The molecule has 2 rings (SSSR count). The van der Waals surface area contributed by atoms with Gasteiger partial charge >= 0.3 is 0 Å². The number of halogens is 2. The molecule has 0 spiro atoms. The third-order valence-corrected chi connectivity index (χ3v) is 4.54. The molecule has 6 heteroatoms. The zero-order valence-corrected chi connectivity index (χ0v) is 13.9. The van der Waals surface area contributed by atoms with Crippen molar-refractivity contribution in [1.82, 2.24) is 15.5 Å². The van der Waals surface area contributed by atoms with E-state index in [1.807, 2.05) is 6.92 Å². The number of amides is 1. The Morgan fingerprint density at radius 3 is 3.05 bits per heavy atom. The van der Waals surface area contributed by atoms with Gasteiger partial charge in [-0.1, -0.05) is 22.0 Å². The summed E-state index contributed by atoms with van der Waals surface area (Å²) in [5, 5.41) is 6.14. The van der Waals surface area contributed by atoms with Crippen molar-refractivity contribution in [2.24, 2.45) is 0 Å². The molecule has 0 saturated carbocycles. The summed E-state index contributed by atoms with van der Waals surface area (Å²) in [7, 11) is 0. The number of likely N-dealkylation sites (N-methyl/N-ethyl adjacent to an activating group) is 1. The molecule has 0 aliphatic carbocycles. The van der Waals surface area contributed by atoms with E-state index in [9.17, 15) is 9.18 Å². The maximum Gasteiger partial charge on any atom is 0.238 e. The number of nitrogens with zero attached hydrogens (tertiary/aromatic N) is 1. The predicted molar refractivity (Wildman–Crippen MR) is 84.6 cm³/mol. The van der Waals surface area contributed by atoms with Crippen molar-refractivity contribution in [2.75, 3.05) is 26.2 Å². The molecule has 4 nitrogen and oxygen atoms in total. The summed E-state index contributed by atoms with van der Waals surface area (Å²) >= 11 is 3.42. The fourth-order valence-electron chi connectivity index (χ4n) is 2.74. The summed E-state index contributed by atoms with van der Waals surface area (Å²) in [6, 6.07) is 4.54. The van der Waals surface area contributed by atoms with E-state index < -0.39 is 0 Å². The van der Waals surface area contributed by atoms with Crippen LogP contribution >= 0.6 is 15.9 Å². The van der Waals surface area contributed by atoms with Crippen LogP contribution in [0.15, 0.2) is 22.7 Å². The van der Waals surface area contributed by atoms with Crippen LogP contribution in [0.3, 0.4) is 0 Å². The Labute approximate surface area is 133 Å². The number of carbonyl (C=O) groups is 1. The van der Waals surface area contributed by atoms with Gasteiger partial charge in [0.25, 0.3) is 0 Å². The van der Waals surface area contributed by atoms with Gasteiger partial charge in [0.1, 0.15) is 11.9 Å². The molecule has 1 amide bonds. The molecule has 1 aliphatic rings. The van der Waals surface area contributed by atoms with Gasteiger partial charge in [-0.05, 0) is 31.5 Å². The Morgan fingerprint density at radius 1 is 1.62 bits per heavy atom. The van der Waals surface area contributed by atoms with E-state index in [0.29, 0.717) is 13.1 Å². The van der Waals surface area contributed by atoms with Gasteiger partial charge in [-0.25, -0.2) is 4.39 Å². The van der Waals surface area contributed by atoms with Gasteiger partial charge in [0.05, 0.1) is 0 Å². The topological polar surface area (TPSA) is 44.4 Å². The van der Waals surface area contributed by atoms with Crippen LogP contribution in [0.2, 0.25) is 0 Å². The number of nitrogens with one attached hydrogen (secondary N) is 2. The molecule has 1 aromatic carbocycles. The SMILES string of the molecule is CCNC(=O)C1CNCCN1C(C)c1ccc(F)cc1Br. The van der Waals surface area contributed by atoms with Crippen LogP contribution in [0.5, 0.6) is 0 Å². The van der Waals surface area contributed by atoms with Crippen molar-refractivity contribution in [1.29, 1.82) is 0 Å². The van der Waals surface area contributed by atoms with Crippen LogP contribution in [-0.4, -0.2) is 43.0 Å². The number of hydrogen-bond donors (Lipinski definition) is 2. The normalized spacial score (nSPS) is 21.0. The third kappa shape index (κ3) is 3.81. The first-order valence-electron chi connectivity index (χ1n) is 7.23. The Bertz CT molecular complexity index is 512. The lowest BCUT2D eigenvalue weighted by molar-refractivity contribution is -0.128. The highest BCUT2D eigenvalue weighted by molar-refractivity contribution is 9.10. The van der Waals surface area contributed by atoms with Crippen molar-refractivity contribution < 1.29 is 9.18 Å². The molecule has 116 valence electrons. The van der Waals surface area contributed by atoms with Crippen LogP contribution in [0, 0.1) is 5.82 Å². The van der Waals surface area contributed by atoms with E-state index in [2.05, 4.69) is 38.4 Å². The van der Waals surface area contributed by atoms with E-state index in [1.54, 1.807) is 6.07 Å². The summed E-state index contributed by atoms with van der Waals surface area (Å²) in [4.78, 5) is 14.4. The van der Waals surface area contributed by atoms with E-state index in [-0.39, 0.29) is 23.8 Å². The highest BCUT2D eigenvalue weighted by Crippen LogP contribution is 2.30. The van der Waals surface area contributed by atoms with E-state index in [1.165, 1.54) is 12.1 Å². The highest BCUT2D eigenvalue weighted by Gasteiger charge is 2.32. The number of benzene rings is 1. The van der Waals surface area contributed by atoms with Gasteiger partial charge < -0.3 is 10.6 Å². The minimum atomic E-state index is -0.265. The van der Waals surface area contributed by atoms with Crippen molar-refractivity contribution in [3.05, 3.63) is 34.1 Å². The van der Waals surface area contributed by atoms with Crippen LogP contribution < -0.4 is 10.6 Å². The first-order valence-corrected chi connectivity index (χ1v) is 8.03. The van der Waals surface area contributed by atoms with Gasteiger partial charge in [-0.3, -0.25) is 9.69 Å². The molecule has 0 bridgehead atoms. The monoisotopic (exact) mass is 357 g/mol. The summed E-state index contributed by atoms with van der Waals surface area (Å²) < 4.78 is 14.0. The maximum absolute atomic E-state index is 13.2. The Hall–Kier alpha value is -0.980. The summed E-state index contributed by atoms with van der Waals surface area (Å²) in [5.41, 5.74) is 0.993. The number of rotatable bonds is 4. The number of hydrogen-bond acceptors (Lipinski definition) is 3. The second kappa shape index (κ2) is 7.33. The average molecular weight is 358 g/mol. The Morgan fingerprint density at radius 2 is 2.38 bits per heavy atom. The summed E-state index contributed by atoms with van der Waals surface area (Å²) in [5.74, 6) is -0.229. The fourth-order valence-corrected chi connectivity index (χ4v) is 3.42. The Kier molecular flexibility index (Phi) is 5.72. The maximum atomic E-state index is 13.2. The lowest BCUT2D eigenvalue weighted by atomic mass is 10.0. The molecule has 2 unspecified atom stereocenters. The molecule has 1 fully saturated rings. The Balaban J connectivity index is 2.21. The van der Waals surface area contributed by atoms with E-state index >= 15 is 0 Å². The molecule has 1 aliphatic heterocycles. The summed E-state index contributed by atoms with van der Waals surface area (Å²) in [6.45, 7) is 6.85. The standard InChI is InChI=1S/C15H21BrFN3O/c1-3-19-15(21)14-9-18-6-7-20(14)10(2)12-5-4-11(17)8-13(12)16/h4-5,8,10,14,18H,3,6-7,9H2,1-2H3,(H,19,21). The lowest BCUT2D eigenvalue weighted by Crippen LogP contribution is -2.58. The molecule has 1 heterocycles. The van der Waals surface area contributed by atoms with E-state index in [4.69, 9.17) is 0 Å². The first kappa shape index (κ1) is 16.4. The molecular weight excluding hydrogens is 337 g/mol. The van der Waals surface area contributed by atoms with Crippen LogP contribution in [-0.2, 0) is 4.79 Å². The van der Waals surface area contributed by atoms with E-state index in [0.717, 1.165) is 23.1 Å². The third-order valence-electron chi connectivity index (χ3n) is 3.85. The van der Waals surface area contributed by atoms with Crippen molar-refractivity contribution in [2.45, 2.75) is 25.9 Å². The first-order chi connectivity index (χ1) is 10.0. The minimum absolute atomic E-state index is 0.0367. The van der Waals surface area contributed by atoms with Crippen molar-refractivity contribution >= 4 is 21.8 Å². The quantitative estimate of drug-likeness (QED) is 0.866. The van der Waals surface area contributed by atoms with Crippen molar-refractivity contribution in [3.8, 4) is 0 Å². The average Bonchev–Trinajstić information content (AvgIpc) is 2.47. The molecule has 1 aromatic rings. The molecule has 2 N–H and O–H groups in total. The minimum Gasteiger partial charge on any atom is -0.355 e. The molecule has 1 saturated heterocycles. The largest absolute Gasteiger partial charge is 0.355 e. The van der Waals surface area contributed by atoms with Gasteiger partial charge in [0.15, 0.2) is 0 Å². The smallest absolute Gasteiger partial charge is 0.238 e. The number of piperazine rings is 1. The molecule has 2 atom stereocenters. The lowest BCUT2D eigenvalue weighted by Gasteiger charge is -2.39. The highest BCUT2D eigenvalue weighted by atomic mass is 79.9. The molecule has 0 aromatic heterocycles. The van der Waals surface area contributed by atoms with Gasteiger partial charge in [-0.2, -0.15) is 0 Å². The molecular formula is C15H21BrFN3O. The predicted octanol–water partition coefficient (Wildman–Crippen LogP) is 2.06. The molecule has 0 radical (unpaired) electrons. The van der Waals surface area contributed by atoms with Crippen LogP contribution in [0.25, 0.3) is 0 Å². The second-order valence-corrected chi connectivity index (χ2v) is 6.05. The van der Waals surface area contributed by atoms with Gasteiger partial charge in [0, 0.05) is 36.7 Å². The zero-order chi connectivity index (χ0) is 15.4. The molecule has 21 heavy (non-hydrogen) atoms. The van der Waals surface area contributed by atoms with Crippen molar-refractivity contribution in [3.63, 3.8) is 0 Å². The van der Waals surface area contributed by atoms with Gasteiger partial charge in [-0.15, -0.1) is 0 Å². The van der Waals surface area contributed by atoms with Gasteiger partial charge in [0.2, 0.25) is 5.91 Å². The van der Waals surface area contributed by atoms with Crippen LogP contribution in [0.1, 0.15) is 25.5 Å².